The monoisotopic (exact) mass is 525 g/mol. The average Bonchev–Trinajstić information content (AvgIpc) is 1.12. The minimum Gasteiger partial charge on any atom is -0.759 e. The molecule has 0 atom stereocenters. The first-order chi connectivity index (χ1) is 4.00. The zero-order valence-corrected chi connectivity index (χ0v) is 13.5. The summed E-state index contributed by atoms with van der Waals surface area (Å²) in [5.41, 5.74) is 0. The largest absolute Gasteiger partial charge is 2.00 e. The maximum absolute atomic E-state index is 8.52. The standard InChI is InChI=1S/Ba.2H2O4S.Pt/c;2*1-5(2,3)4;/h;2*(H2,1,2,3,4);/q+2;;;+2/p-4. The third kappa shape index (κ3) is 363. The van der Waals surface area contributed by atoms with Crippen molar-refractivity contribution in [1.29, 1.82) is 0 Å². The van der Waals surface area contributed by atoms with E-state index in [-0.39, 0.29) is 69.9 Å². The molecule has 0 rings (SSSR count). The van der Waals surface area contributed by atoms with E-state index in [1.807, 2.05) is 0 Å². The van der Waals surface area contributed by atoms with Crippen LogP contribution in [0.5, 0.6) is 0 Å². The van der Waals surface area contributed by atoms with Crippen LogP contribution in [0.2, 0.25) is 0 Å². The summed E-state index contributed by atoms with van der Waals surface area (Å²) in [5, 5.41) is 0. The van der Waals surface area contributed by atoms with Crippen molar-refractivity contribution >= 4 is 69.7 Å². The van der Waals surface area contributed by atoms with E-state index in [2.05, 4.69) is 0 Å². The van der Waals surface area contributed by atoms with Crippen molar-refractivity contribution in [1.82, 2.24) is 0 Å². The Bertz CT molecular complexity index is 213. The van der Waals surface area contributed by atoms with Crippen LogP contribution in [0.25, 0.3) is 0 Å². The van der Waals surface area contributed by atoms with Crippen molar-refractivity contribution in [3.63, 3.8) is 0 Å². The molecule has 72 valence electrons. The molecular formula is BaO8PtS2. The summed E-state index contributed by atoms with van der Waals surface area (Å²) in [6.07, 6.45) is 0. The Hall–Kier alpha value is 2.00. The molecule has 0 aliphatic heterocycles. The van der Waals surface area contributed by atoms with E-state index in [9.17, 15) is 0 Å². The average molecular weight is 525 g/mol. The van der Waals surface area contributed by atoms with E-state index >= 15 is 0 Å². The van der Waals surface area contributed by atoms with E-state index in [0.717, 1.165) is 0 Å². The molecule has 0 unspecified atom stereocenters. The molecule has 0 aromatic heterocycles. The van der Waals surface area contributed by atoms with Crippen LogP contribution in [0, 0.1) is 0 Å². The summed E-state index contributed by atoms with van der Waals surface area (Å²) in [6, 6.07) is 0. The van der Waals surface area contributed by atoms with Crippen LogP contribution < -0.4 is 0 Å². The third-order valence-electron chi connectivity index (χ3n) is 0. The zero-order chi connectivity index (χ0) is 9.00. The van der Waals surface area contributed by atoms with Gasteiger partial charge in [-0.25, -0.2) is 0 Å². The molecule has 0 fully saturated rings. The summed E-state index contributed by atoms with van der Waals surface area (Å²) < 4.78 is 68.2. The van der Waals surface area contributed by atoms with Crippen molar-refractivity contribution in [3.8, 4) is 0 Å². The van der Waals surface area contributed by atoms with Gasteiger partial charge in [-0.2, -0.15) is 0 Å². The summed E-state index contributed by atoms with van der Waals surface area (Å²) in [4.78, 5) is 0. The Morgan fingerprint density at radius 2 is 0.667 bits per heavy atom. The molecule has 12 heteroatoms. The molecule has 0 N–H and O–H groups in total. The molecule has 0 radical (unpaired) electrons. The van der Waals surface area contributed by atoms with Gasteiger partial charge in [0.2, 0.25) is 0 Å². The van der Waals surface area contributed by atoms with Gasteiger partial charge in [-0.1, -0.05) is 0 Å². The Morgan fingerprint density at radius 3 is 0.667 bits per heavy atom. The SMILES string of the molecule is O=S(=O)([O-])[O-].O=S(=O)([O-])[O-].[Ba+2].[Pt+2]. The zero-order valence-electron chi connectivity index (χ0n) is 5.11. The van der Waals surface area contributed by atoms with Crippen LogP contribution in [-0.4, -0.2) is 83.9 Å². The summed E-state index contributed by atoms with van der Waals surface area (Å²) in [7, 11) is -10.3. The smallest absolute Gasteiger partial charge is 0.759 e. The van der Waals surface area contributed by atoms with Crippen LogP contribution in [0.4, 0.5) is 0 Å². The first-order valence-electron chi connectivity index (χ1n) is 1.33. The molecule has 0 aliphatic rings. The molecule has 0 spiro atoms. The molecular weight excluding hydrogens is 525 g/mol. The van der Waals surface area contributed by atoms with Crippen molar-refractivity contribution in [2.45, 2.75) is 0 Å². The maximum atomic E-state index is 8.52. The second kappa shape index (κ2) is 9.55. The molecule has 0 aromatic carbocycles. The summed E-state index contributed by atoms with van der Waals surface area (Å²) >= 11 is 0. The van der Waals surface area contributed by atoms with Gasteiger partial charge in [-0.15, -0.1) is 0 Å². The molecule has 0 aliphatic carbocycles. The van der Waals surface area contributed by atoms with Gasteiger partial charge < -0.3 is 18.2 Å². The van der Waals surface area contributed by atoms with Gasteiger partial charge in [-0.05, 0) is 0 Å². The molecule has 0 saturated carbocycles. The van der Waals surface area contributed by atoms with Gasteiger partial charge in [0, 0.05) is 20.8 Å². The quantitative estimate of drug-likeness (QED) is 0.183. The van der Waals surface area contributed by atoms with E-state index in [4.69, 9.17) is 35.0 Å². The van der Waals surface area contributed by atoms with Crippen LogP contribution in [0.15, 0.2) is 0 Å². The van der Waals surface area contributed by atoms with Gasteiger partial charge in [0.15, 0.2) is 0 Å². The van der Waals surface area contributed by atoms with Crippen LogP contribution in [0.1, 0.15) is 0 Å². The summed E-state index contributed by atoms with van der Waals surface area (Å²) in [5.74, 6) is 0. The molecule has 0 saturated heterocycles. The maximum Gasteiger partial charge on any atom is 2.00 e. The molecule has 0 amide bonds. The Kier molecular flexibility index (Phi) is 18.8. The number of hydrogen-bond donors (Lipinski definition) is 0. The second-order valence-corrected chi connectivity index (χ2v) is 2.45. The van der Waals surface area contributed by atoms with E-state index in [1.54, 1.807) is 0 Å². The predicted molar refractivity (Wildman–Crippen MR) is 26.7 cm³/mol. The minimum atomic E-state index is -5.17. The Morgan fingerprint density at radius 1 is 0.667 bits per heavy atom. The molecule has 0 aromatic rings. The normalized spacial score (nSPS) is 9.67. The van der Waals surface area contributed by atoms with Crippen molar-refractivity contribution in [2.24, 2.45) is 0 Å². The second-order valence-electron chi connectivity index (χ2n) is 0.816. The first-order valence-corrected chi connectivity index (χ1v) is 4.00. The molecule has 0 bridgehead atoms. The van der Waals surface area contributed by atoms with Gasteiger partial charge in [0.1, 0.15) is 0 Å². The fourth-order valence-electron chi connectivity index (χ4n) is 0. The van der Waals surface area contributed by atoms with Gasteiger partial charge in [0.25, 0.3) is 0 Å². The van der Waals surface area contributed by atoms with Crippen LogP contribution >= 0.6 is 0 Å². The molecule has 0 heterocycles. The van der Waals surface area contributed by atoms with Gasteiger partial charge >= 0.3 is 69.9 Å². The first kappa shape index (κ1) is 23.7. The van der Waals surface area contributed by atoms with Crippen LogP contribution in [0.3, 0.4) is 0 Å². The van der Waals surface area contributed by atoms with E-state index in [0.29, 0.717) is 0 Å². The van der Waals surface area contributed by atoms with Crippen molar-refractivity contribution in [2.75, 3.05) is 0 Å². The van der Waals surface area contributed by atoms with E-state index in [1.165, 1.54) is 0 Å². The molecule has 8 nitrogen and oxygen atoms in total. The van der Waals surface area contributed by atoms with Gasteiger partial charge in [0.05, 0.1) is 0 Å². The fraction of sp³-hybridized carbons (Fsp3) is 0. The topological polar surface area (TPSA) is 161 Å². The Labute approximate surface area is 124 Å². The van der Waals surface area contributed by atoms with Crippen molar-refractivity contribution < 1.29 is 56.1 Å². The summed E-state index contributed by atoms with van der Waals surface area (Å²) in [6.45, 7) is 0. The third-order valence-corrected chi connectivity index (χ3v) is 0. The van der Waals surface area contributed by atoms with E-state index < -0.39 is 20.8 Å². The Balaban J connectivity index is -0.0000000457. The fourth-order valence-corrected chi connectivity index (χ4v) is 0. The predicted octanol–water partition coefficient (Wildman–Crippen LogP) is -3.06. The minimum absolute atomic E-state index is 0. The molecule has 12 heavy (non-hydrogen) atoms. The van der Waals surface area contributed by atoms with Gasteiger partial charge in [-0.3, -0.25) is 16.8 Å². The van der Waals surface area contributed by atoms with Crippen molar-refractivity contribution in [3.05, 3.63) is 0 Å². The van der Waals surface area contributed by atoms with Crippen LogP contribution in [-0.2, 0) is 41.9 Å². The number of rotatable bonds is 0. The number of hydrogen-bond acceptors (Lipinski definition) is 8.